The number of fused-ring (bicyclic) bond motifs is 1. The van der Waals surface area contributed by atoms with Gasteiger partial charge in [0.15, 0.2) is 0 Å². The summed E-state index contributed by atoms with van der Waals surface area (Å²) >= 11 is 6.80. The standard InChI is InChI=1S/C29H30ClN5O3/c1-16-12-13-32-28(33-16)38-21-9-11-23-25(15-21)35(20-4-3-5-20)27(26(23)31)22-10-8-19(14-24(22)30)34-29(36)37-17(2)18-6-7-18/h8-15,17-18,20H,3-7,31H2,1-2H3,(H,34,36)/t17-/m1/s1. The monoisotopic (exact) mass is 531 g/mol. The summed E-state index contributed by atoms with van der Waals surface area (Å²) in [6.07, 6.45) is 6.62. The van der Waals surface area contributed by atoms with Gasteiger partial charge in [0.05, 0.1) is 21.9 Å². The number of aromatic nitrogens is 3. The Balaban J connectivity index is 1.34. The van der Waals surface area contributed by atoms with Gasteiger partial charge in [-0.1, -0.05) is 11.6 Å². The second kappa shape index (κ2) is 9.83. The number of hydrogen-bond donors (Lipinski definition) is 2. The van der Waals surface area contributed by atoms with Crippen LogP contribution in [0.5, 0.6) is 11.8 Å². The average Bonchev–Trinajstić information content (AvgIpc) is 3.65. The number of hydrogen-bond acceptors (Lipinski definition) is 6. The lowest BCUT2D eigenvalue weighted by molar-refractivity contribution is 0.108. The first-order valence-electron chi connectivity index (χ1n) is 13.1. The van der Waals surface area contributed by atoms with Gasteiger partial charge in [0.25, 0.3) is 0 Å². The van der Waals surface area contributed by atoms with E-state index in [9.17, 15) is 4.79 Å². The number of ether oxygens (including phenoxy) is 2. The second-order valence-electron chi connectivity index (χ2n) is 10.2. The first kappa shape index (κ1) is 24.6. The molecule has 2 aromatic heterocycles. The number of nitrogen functional groups attached to an aromatic ring is 1. The van der Waals surface area contributed by atoms with E-state index in [2.05, 4.69) is 19.9 Å². The molecule has 38 heavy (non-hydrogen) atoms. The summed E-state index contributed by atoms with van der Waals surface area (Å²) in [6, 6.07) is 13.7. The molecule has 6 rings (SSSR count). The minimum atomic E-state index is -0.471. The fraction of sp³-hybridized carbons (Fsp3) is 0.345. The summed E-state index contributed by atoms with van der Waals surface area (Å²) in [5.41, 5.74) is 11.5. The van der Waals surface area contributed by atoms with Gasteiger partial charge < -0.3 is 19.8 Å². The number of anilines is 2. The maximum Gasteiger partial charge on any atom is 0.411 e. The fourth-order valence-corrected chi connectivity index (χ4v) is 5.29. The molecule has 1 atom stereocenters. The highest BCUT2D eigenvalue weighted by molar-refractivity contribution is 6.34. The first-order valence-corrected chi connectivity index (χ1v) is 13.4. The molecule has 2 heterocycles. The topological polar surface area (TPSA) is 104 Å². The van der Waals surface area contributed by atoms with Crippen LogP contribution in [0.3, 0.4) is 0 Å². The van der Waals surface area contributed by atoms with Gasteiger partial charge >= 0.3 is 12.1 Å². The average molecular weight is 532 g/mol. The Morgan fingerprint density at radius 3 is 2.66 bits per heavy atom. The van der Waals surface area contributed by atoms with Crippen molar-refractivity contribution in [1.82, 2.24) is 14.5 Å². The van der Waals surface area contributed by atoms with E-state index in [0.29, 0.717) is 40.1 Å². The molecule has 4 aromatic rings. The van der Waals surface area contributed by atoms with E-state index in [0.717, 1.165) is 60.0 Å². The lowest BCUT2D eigenvalue weighted by atomic mass is 9.92. The van der Waals surface area contributed by atoms with Crippen molar-refractivity contribution in [1.29, 1.82) is 0 Å². The molecule has 3 N–H and O–H groups in total. The fourth-order valence-electron chi connectivity index (χ4n) is 5.02. The van der Waals surface area contributed by atoms with Crippen LogP contribution in [0.15, 0.2) is 48.7 Å². The highest BCUT2D eigenvalue weighted by Crippen LogP contribution is 2.46. The van der Waals surface area contributed by atoms with Gasteiger partial charge in [-0.3, -0.25) is 5.32 Å². The molecule has 196 valence electrons. The lowest BCUT2D eigenvalue weighted by Crippen LogP contribution is -2.21. The zero-order valence-corrected chi connectivity index (χ0v) is 22.2. The SMILES string of the molecule is Cc1ccnc(Oc2ccc3c(N)c(-c4ccc(NC(=O)O[C@H](C)C5CC5)cc4Cl)n(C4CCC4)c3c2)n1. The van der Waals surface area contributed by atoms with E-state index in [4.69, 9.17) is 26.8 Å². The molecule has 2 saturated carbocycles. The van der Waals surface area contributed by atoms with E-state index < -0.39 is 6.09 Å². The van der Waals surface area contributed by atoms with Crippen molar-refractivity contribution in [2.45, 2.75) is 58.1 Å². The highest BCUT2D eigenvalue weighted by atomic mass is 35.5. The Hall–Kier alpha value is -3.78. The number of carbonyl (C=O) groups excluding carboxylic acids is 1. The number of nitrogens with zero attached hydrogens (tertiary/aromatic N) is 3. The zero-order valence-electron chi connectivity index (χ0n) is 21.4. The number of amides is 1. The molecule has 2 fully saturated rings. The molecule has 0 radical (unpaired) electrons. The van der Waals surface area contributed by atoms with Crippen molar-refractivity contribution < 1.29 is 14.3 Å². The third kappa shape index (κ3) is 4.76. The zero-order chi connectivity index (χ0) is 26.4. The number of nitrogens with one attached hydrogen (secondary N) is 1. The summed E-state index contributed by atoms with van der Waals surface area (Å²) in [6.45, 7) is 3.83. The van der Waals surface area contributed by atoms with E-state index in [1.165, 1.54) is 0 Å². The Labute approximate surface area is 226 Å². The molecular formula is C29H30ClN5O3. The summed E-state index contributed by atoms with van der Waals surface area (Å²) in [7, 11) is 0. The third-order valence-electron chi connectivity index (χ3n) is 7.49. The van der Waals surface area contributed by atoms with Gasteiger partial charge in [-0.2, -0.15) is 0 Å². The van der Waals surface area contributed by atoms with Gasteiger partial charge in [-0.05, 0) is 88.3 Å². The number of nitrogens with two attached hydrogens (primary N) is 1. The van der Waals surface area contributed by atoms with E-state index >= 15 is 0 Å². The Morgan fingerprint density at radius 2 is 1.97 bits per heavy atom. The molecule has 0 bridgehead atoms. The smallest absolute Gasteiger partial charge is 0.411 e. The number of benzene rings is 2. The number of aryl methyl sites for hydroxylation is 1. The van der Waals surface area contributed by atoms with Crippen LogP contribution in [0, 0.1) is 12.8 Å². The van der Waals surface area contributed by atoms with Crippen molar-refractivity contribution in [3.05, 3.63) is 59.4 Å². The lowest BCUT2D eigenvalue weighted by Gasteiger charge is -2.30. The van der Waals surface area contributed by atoms with E-state index in [1.54, 1.807) is 12.3 Å². The van der Waals surface area contributed by atoms with Crippen LogP contribution < -0.4 is 15.8 Å². The van der Waals surface area contributed by atoms with Crippen molar-refractivity contribution in [2.75, 3.05) is 11.1 Å². The summed E-state index contributed by atoms with van der Waals surface area (Å²) in [5, 5.41) is 4.23. The first-order chi connectivity index (χ1) is 18.4. The summed E-state index contributed by atoms with van der Waals surface area (Å²) in [5.74, 6) is 1.11. The van der Waals surface area contributed by atoms with Crippen molar-refractivity contribution >= 4 is 40.0 Å². The molecule has 0 saturated heterocycles. The molecule has 2 aliphatic carbocycles. The predicted octanol–water partition coefficient (Wildman–Crippen LogP) is 7.51. The molecule has 0 spiro atoms. The minimum Gasteiger partial charge on any atom is -0.446 e. The van der Waals surface area contributed by atoms with Gasteiger partial charge in [0, 0.05) is 40.6 Å². The normalized spacial score (nSPS) is 16.2. The number of halogens is 1. The summed E-state index contributed by atoms with van der Waals surface area (Å²) in [4.78, 5) is 20.9. The Kier molecular flexibility index (Phi) is 6.35. The van der Waals surface area contributed by atoms with Gasteiger partial charge in [-0.15, -0.1) is 0 Å². The molecular weight excluding hydrogens is 502 g/mol. The van der Waals surface area contributed by atoms with Gasteiger partial charge in [0.1, 0.15) is 11.9 Å². The van der Waals surface area contributed by atoms with Crippen LogP contribution in [0.1, 0.15) is 50.8 Å². The van der Waals surface area contributed by atoms with Crippen LogP contribution in [-0.4, -0.2) is 26.7 Å². The predicted molar refractivity (Wildman–Crippen MR) is 149 cm³/mol. The molecule has 0 unspecified atom stereocenters. The minimum absolute atomic E-state index is 0.0888. The molecule has 9 heteroatoms. The highest BCUT2D eigenvalue weighted by Gasteiger charge is 2.31. The Morgan fingerprint density at radius 1 is 1.16 bits per heavy atom. The second-order valence-corrected chi connectivity index (χ2v) is 10.7. The molecule has 8 nitrogen and oxygen atoms in total. The third-order valence-corrected chi connectivity index (χ3v) is 7.80. The molecule has 2 aliphatic rings. The van der Waals surface area contributed by atoms with Crippen LogP contribution in [0.2, 0.25) is 5.02 Å². The van der Waals surface area contributed by atoms with Gasteiger partial charge in [0.2, 0.25) is 0 Å². The number of rotatable bonds is 7. The maximum absolute atomic E-state index is 12.3. The van der Waals surface area contributed by atoms with Crippen molar-refractivity contribution in [2.24, 2.45) is 5.92 Å². The van der Waals surface area contributed by atoms with E-state index in [-0.39, 0.29) is 6.10 Å². The van der Waals surface area contributed by atoms with Crippen LogP contribution in [-0.2, 0) is 4.74 Å². The molecule has 2 aromatic carbocycles. The summed E-state index contributed by atoms with van der Waals surface area (Å²) < 4.78 is 13.7. The maximum atomic E-state index is 12.3. The van der Waals surface area contributed by atoms with Crippen LogP contribution >= 0.6 is 11.6 Å². The van der Waals surface area contributed by atoms with Crippen molar-refractivity contribution in [3.8, 4) is 23.0 Å². The molecule has 0 aliphatic heterocycles. The quantitative estimate of drug-likeness (QED) is 0.256. The molecule has 1 amide bonds. The van der Waals surface area contributed by atoms with Crippen molar-refractivity contribution in [3.63, 3.8) is 0 Å². The van der Waals surface area contributed by atoms with Crippen LogP contribution in [0.25, 0.3) is 22.2 Å². The van der Waals surface area contributed by atoms with Gasteiger partial charge in [-0.25, -0.2) is 14.8 Å². The number of carbonyl (C=O) groups is 1. The largest absolute Gasteiger partial charge is 0.446 e. The van der Waals surface area contributed by atoms with Crippen LogP contribution in [0.4, 0.5) is 16.2 Å². The van der Waals surface area contributed by atoms with E-state index in [1.807, 2.05) is 50.2 Å². The Bertz CT molecular complexity index is 1530.